The van der Waals surface area contributed by atoms with E-state index in [0.717, 1.165) is 17.9 Å². The average Bonchev–Trinajstić information content (AvgIpc) is 2.52. The molecule has 0 saturated heterocycles. The summed E-state index contributed by atoms with van der Waals surface area (Å²) < 4.78 is 5.13. The predicted octanol–water partition coefficient (Wildman–Crippen LogP) is 1.85. The van der Waals surface area contributed by atoms with E-state index >= 15 is 0 Å². The highest BCUT2D eigenvalue weighted by Crippen LogP contribution is 2.11. The Kier molecular flexibility index (Phi) is 11.2. The number of carbonyl (C=O) groups is 1. The van der Waals surface area contributed by atoms with Gasteiger partial charge in [0.2, 0.25) is 5.91 Å². The van der Waals surface area contributed by atoms with Crippen molar-refractivity contribution in [1.82, 2.24) is 15.5 Å². The molecule has 0 heterocycles. The Balaban J connectivity index is 0.00000484. The number of amides is 1. The number of aliphatic imine (C=N–C) groups is 1. The van der Waals surface area contributed by atoms with Gasteiger partial charge in [-0.05, 0) is 24.6 Å². The van der Waals surface area contributed by atoms with Gasteiger partial charge >= 0.3 is 0 Å². The zero-order valence-corrected chi connectivity index (χ0v) is 16.6. The molecule has 1 aromatic rings. The first kappa shape index (κ1) is 21.5. The van der Waals surface area contributed by atoms with E-state index in [4.69, 9.17) is 4.74 Å². The van der Waals surface area contributed by atoms with Crippen LogP contribution in [0.3, 0.4) is 0 Å². The SMILES string of the molecule is CCNC(=NCc1ccc(OC)cc1)NCCC(=O)N(C)C.I. The topological polar surface area (TPSA) is 66.0 Å². The molecule has 1 amide bonds. The fourth-order valence-electron chi connectivity index (χ4n) is 1.75. The van der Waals surface area contributed by atoms with Gasteiger partial charge in [-0.25, -0.2) is 4.99 Å². The van der Waals surface area contributed by atoms with E-state index in [1.54, 1.807) is 26.1 Å². The van der Waals surface area contributed by atoms with E-state index in [-0.39, 0.29) is 29.9 Å². The number of halogens is 1. The third kappa shape index (κ3) is 8.63. The number of benzene rings is 1. The summed E-state index contributed by atoms with van der Waals surface area (Å²) >= 11 is 0. The third-order valence-electron chi connectivity index (χ3n) is 3.05. The molecule has 0 bridgehead atoms. The van der Waals surface area contributed by atoms with Crippen molar-refractivity contribution < 1.29 is 9.53 Å². The summed E-state index contributed by atoms with van der Waals surface area (Å²) in [7, 11) is 5.16. The van der Waals surface area contributed by atoms with Crippen molar-refractivity contribution in [1.29, 1.82) is 0 Å². The number of ether oxygens (including phenoxy) is 1. The monoisotopic (exact) mass is 434 g/mol. The van der Waals surface area contributed by atoms with Crippen LogP contribution in [-0.2, 0) is 11.3 Å². The second kappa shape index (κ2) is 12.0. The first-order valence-corrected chi connectivity index (χ1v) is 7.42. The summed E-state index contributed by atoms with van der Waals surface area (Å²) in [6.07, 6.45) is 0.444. The molecule has 130 valence electrons. The molecule has 23 heavy (non-hydrogen) atoms. The lowest BCUT2D eigenvalue weighted by Crippen LogP contribution is -2.39. The molecule has 0 aliphatic carbocycles. The molecule has 7 heteroatoms. The molecule has 6 nitrogen and oxygen atoms in total. The average molecular weight is 434 g/mol. The molecule has 0 atom stereocenters. The Labute approximate surface area is 155 Å². The summed E-state index contributed by atoms with van der Waals surface area (Å²) in [4.78, 5) is 17.6. The lowest BCUT2D eigenvalue weighted by atomic mass is 10.2. The summed E-state index contributed by atoms with van der Waals surface area (Å²) in [5.74, 6) is 1.64. The van der Waals surface area contributed by atoms with E-state index in [0.29, 0.717) is 25.5 Å². The Hall–Kier alpha value is -1.51. The predicted molar refractivity (Wildman–Crippen MR) is 105 cm³/mol. The van der Waals surface area contributed by atoms with E-state index in [1.807, 2.05) is 31.2 Å². The van der Waals surface area contributed by atoms with Crippen LogP contribution in [0, 0.1) is 0 Å². The van der Waals surface area contributed by atoms with Crippen molar-refractivity contribution >= 4 is 35.8 Å². The minimum Gasteiger partial charge on any atom is -0.497 e. The van der Waals surface area contributed by atoms with Gasteiger partial charge in [0.05, 0.1) is 13.7 Å². The van der Waals surface area contributed by atoms with Crippen LogP contribution in [-0.4, -0.2) is 51.1 Å². The van der Waals surface area contributed by atoms with Crippen LogP contribution >= 0.6 is 24.0 Å². The molecule has 1 aromatic carbocycles. The third-order valence-corrected chi connectivity index (χ3v) is 3.05. The molecule has 0 aromatic heterocycles. The summed E-state index contributed by atoms with van der Waals surface area (Å²) in [6.45, 7) is 3.91. The smallest absolute Gasteiger partial charge is 0.223 e. The zero-order chi connectivity index (χ0) is 16.4. The normalized spacial score (nSPS) is 10.5. The Bertz CT molecular complexity index is 489. The lowest BCUT2D eigenvalue weighted by Gasteiger charge is -2.13. The van der Waals surface area contributed by atoms with Crippen LogP contribution in [0.15, 0.2) is 29.3 Å². The molecular weight excluding hydrogens is 407 g/mol. The van der Waals surface area contributed by atoms with Crippen LogP contribution in [0.25, 0.3) is 0 Å². The Morgan fingerprint density at radius 2 is 1.87 bits per heavy atom. The van der Waals surface area contributed by atoms with Gasteiger partial charge in [0.15, 0.2) is 5.96 Å². The Morgan fingerprint density at radius 3 is 2.39 bits per heavy atom. The van der Waals surface area contributed by atoms with Crippen LogP contribution in [0.5, 0.6) is 5.75 Å². The van der Waals surface area contributed by atoms with E-state index in [1.165, 1.54) is 0 Å². The van der Waals surface area contributed by atoms with Gasteiger partial charge in [0, 0.05) is 33.6 Å². The number of guanidine groups is 1. The van der Waals surface area contributed by atoms with Crippen molar-refractivity contribution in [3.63, 3.8) is 0 Å². The maximum Gasteiger partial charge on any atom is 0.223 e. The number of carbonyl (C=O) groups excluding carboxylic acids is 1. The quantitative estimate of drug-likeness (QED) is 0.391. The molecule has 0 spiro atoms. The number of nitrogens with one attached hydrogen (secondary N) is 2. The van der Waals surface area contributed by atoms with Crippen molar-refractivity contribution in [2.45, 2.75) is 19.9 Å². The van der Waals surface area contributed by atoms with Gasteiger partial charge < -0.3 is 20.3 Å². The largest absolute Gasteiger partial charge is 0.497 e. The second-order valence-corrected chi connectivity index (χ2v) is 5.01. The molecule has 0 radical (unpaired) electrons. The highest BCUT2D eigenvalue weighted by atomic mass is 127. The van der Waals surface area contributed by atoms with Crippen molar-refractivity contribution in [3.8, 4) is 5.75 Å². The number of hydrogen-bond donors (Lipinski definition) is 2. The first-order valence-electron chi connectivity index (χ1n) is 7.42. The van der Waals surface area contributed by atoms with Crippen LogP contribution in [0.2, 0.25) is 0 Å². The molecule has 2 N–H and O–H groups in total. The molecule has 0 aliphatic heterocycles. The van der Waals surface area contributed by atoms with Crippen LogP contribution in [0.1, 0.15) is 18.9 Å². The van der Waals surface area contributed by atoms with E-state index < -0.39 is 0 Å². The van der Waals surface area contributed by atoms with Crippen molar-refractivity contribution in [2.24, 2.45) is 4.99 Å². The minimum atomic E-state index is 0. The maximum absolute atomic E-state index is 11.5. The van der Waals surface area contributed by atoms with Gasteiger partial charge in [-0.3, -0.25) is 4.79 Å². The molecule has 0 unspecified atom stereocenters. The van der Waals surface area contributed by atoms with Crippen LogP contribution in [0.4, 0.5) is 0 Å². The molecule has 0 aliphatic rings. The minimum absolute atomic E-state index is 0. The standard InChI is InChI=1S/C16H26N4O2.HI/c1-5-17-16(18-11-10-15(21)20(2)3)19-12-13-6-8-14(22-4)9-7-13;/h6-9H,5,10-12H2,1-4H3,(H2,17,18,19);1H. The zero-order valence-electron chi connectivity index (χ0n) is 14.3. The highest BCUT2D eigenvalue weighted by molar-refractivity contribution is 14.0. The Morgan fingerprint density at radius 1 is 1.22 bits per heavy atom. The summed E-state index contributed by atoms with van der Waals surface area (Å²) in [5.41, 5.74) is 1.10. The van der Waals surface area contributed by atoms with E-state index in [2.05, 4.69) is 15.6 Å². The maximum atomic E-state index is 11.5. The lowest BCUT2D eigenvalue weighted by molar-refractivity contribution is -0.128. The highest BCUT2D eigenvalue weighted by Gasteiger charge is 2.04. The van der Waals surface area contributed by atoms with Gasteiger partial charge in [0.1, 0.15) is 5.75 Å². The molecule has 1 rings (SSSR count). The van der Waals surface area contributed by atoms with Crippen molar-refractivity contribution in [3.05, 3.63) is 29.8 Å². The molecular formula is C16H27IN4O2. The van der Waals surface area contributed by atoms with Gasteiger partial charge in [-0.1, -0.05) is 12.1 Å². The molecule has 0 fully saturated rings. The van der Waals surface area contributed by atoms with E-state index in [9.17, 15) is 4.79 Å². The van der Waals surface area contributed by atoms with Crippen molar-refractivity contribution in [2.75, 3.05) is 34.3 Å². The number of hydrogen-bond acceptors (Lipinski definition) is 3. The van der Waals surface area contributed by atoms with Gasteiger partial charge in [-0.15, -0.1) is 24.0 Å². The number of methoxy groups -OCH3 is 1. The van der Waals surface area contributed by atoms with Gasteiger partial charge in [0.25, 0.3) is 0 Å². The number of nitrogens with zero attached hydrogens (tertiary/aromatic N) is 2. The summed E-state index contributed by atoms with van der Waals surface area (Å²) in [6, 6.07) is 7.81. The first-order chi connectivity index (χ1) is 10.6. The van der Waals surface area contributed by atoms with Crippen LogP contribution < -0.4 is 15.4 Å². The molecule has 0 saturated carbocycles. The second-order valence-electron chi connectivity index (χ2n) is 5.01. The fourth-order valence-corrected chi connectivity index (χ4v) is 1.75. The van der Waals surface area contributed by atoms with Gasteiger partial charge in [-0.2, -0.15) is 0 Å². The summed E-state index contributed by atoms with van der Waals surface area (Å²) in [5, 5.41) is 6.33. The number of rotatable bonds is 7. The fraction of sp³-hybridized carbons (Fsp3) is 0.500.